The monoisotopic (exact) mass is 262 g/mol. The van der Waals surface area contributed by atoms with Crippen LogP contribution in [-0.2, 0) is 9.47 Å². The summed E-state index contributed by atoms with van der Waals surface area (Å²) in [5, 5.41) is 0. The van der Waals surface area contributed by atoms with E-state index in [0.717, 1.165) is 24.8 Å². The molecule has 1 aliphatic rings. The molecule has 0 N–H and O–H groups in total. The number of methoxy groups -OCH3 is 1. The van der Waals surface area contributed by atoms with Gasteiger partial charge in [0.15, 0.2) is 0 Å². The fraction of sp³-hybridized carbons (Fsp3) is 0.400. The third-order valence-electron chi connectivity index (χ3n) is 3.07. The number of carbonyl (C=O) groups excluding carboxylic acids is 1. The lowest BCUT2D eigenvalue weighted by molar-refractivity contribution is -0.131. The summed E-state index contributed by atoms with van der Waals surface area (Å²) in [4.78, 5) is 12.1. The first kappa shape index (κ1) is 13.6. The van der Waals surface area contributed by atoms with Crippen LogP contribution in [0.1, 0.15) is 35.2 Å². The molecule has 0 amide bonds. The molecule has 2 rings (SSSR count). The van der Waals surface area contributed by atoms with Crippen LogP contribution in [0.25, 0.3) is 6.08 Å². The first-order valence-corrected chi connectivity index (χ1v) is 6.38. The molecular weight excluding hydrogens is 244 g/mol. The van der Waals surface area contributed by atoms with Gasteiger partial charge in [-0.2, -0.15) is 0 Å². The van der Waals surface area contributed by atoms with E-state index in [2.05, 4.69) is 6.58 Å². The van der Waals surface area contributed by atoms with Gasteiger partial charge in [0.25, 0.3) is 0 Å². The van der Waals surface area contributed by atoms with Crippen molar-refractivity contribution in [3.8, 4) is 5.75 Å². The Bertz CT molecular complexity index is 461. The van der Waals surface area contributed by atoms with Gasteiger partial charge in [-0.25, -0.2) is 4.79 Å². The van der Waals surface area contributed by atoms with Crippen molar-refractivity contribution in [1.82, 2.24) is 0 Å². The van der Waals surface area contributed by atoms with Crippen LogP contribution in [0.4, 0.5) is 0 Å². The van der Waals surface area contributed by atoms with Gasteiger partial charge in [-0.15, -0.1) is 0 Å². The van der Waals surface area contributed by atoms with Crippen LogP contribution >= 0.6 is 0 Å². The minimum atomic E-state index is -0.446. The summed E-state index contributed by atoms with van der Waals surface area (Å²) in [6.45, 7) is 4.34. The average Bonchev–Trinajstić information content (AvgIpc) is 2.47. The second kappa shape index (κ2) is 6.38. The molecule has 19 heavy (non-hydrogen) atoms. The van der Waals surface area contributed by atoms with Crippen molar-refractivity contribution in [2.24, 2.45) is 0 Å². The Kier molecular flexibility index (Phi) is 4.58. The van der Waals surface area contributed by atoms with Crippen molar-refractivity contribution in [3.05, 3.63) is 35.9 Å². The Hall–Kier alpha value is -1.81. The number of esters is 1. The maximum Gasteiger partial charge on any atom is 0.344 e. The highest BCUT2D eigenvalue weighted by molar-refractivity contribution is 5.94. The fourth-order valence-electron chi connectivity index (χ4n) is 2.09. The standard InChI is InChI=1S/C15H18O4/c1-3-11-7-6-8-12(14(11)17-2)15(16)19-13-9-4-5-10-18-13/h3,6-8,13H,1,4-5,9-10H2,2H3. The highest BCUT2D eigenvalue weighted by atomic mass is 16.7. The minimum Gasteiger partial charge on any atom is -0.495 e. The lowest BCUT2D eigenvalue weighted by Crippen LogP contribution is -2.25. The molecule has 0 radical (unpaired) electrons. The molecular formula is C15H18O4. The summed E-state index contributed by atoms with van der Waals surface area (Å²) < 4.78 is 16.0. The molecule has 4 heteroatoms. The van der Waals surface area contributed by atoms with Gasteiger partial charge in [-0.3, -0.25) is 0 Å². The second-order valence-electron chi connectivity index (χ2n) is 4.33. The molecule has 0 aliphatic carbocycles. The smallest absolute Gasteiger partial charge is 0.344 e. The topological polar surface area (TPSA) is 44.8 Å². The molecule has 102 valence electrons. The van der Waals surface area contributed by atoms with E-state index >= 15 is 0 Å². The van der Waals surface area contributed by atoms with Crippen molar-refractivity contribution in [3.63, 3.8) is 0 Å². The van der Waals surface area contributed by atoms with Gasteiger partial charge in [-0.05, 0) is 18.9 Å². The third kappa shape index (κ3) is 3.15. The average molecular weight is 262 g/mol. The molecule has 1 aromatic carbocycles. The molecule has 0 bridgehead atoms. The zero-order valence-electron chi connectivity index (χ0n) is 11.1. The van der Waals surface area contributed by atoms with E-state index in [0.29, 0.717) is 17.9 Å². The second-order valence-corrected chi connectivity index (χ2v) is 4.33. The van der Waals surface area contributed by atoms with Crippen LogP contribution in [0.2, 0.25) is 0 Å². The van der Waals surface area contributed by atoms with Crippen molar-refractivity contribution < 1.29 is 19.0 Å². The highest BCUT2D eigenvalue weighted by Gasteiger charge is 2.22. The van der Waals surface area contributed by atoms with Gasteiger partial charge < -0.3 is 14.2 Å². The van der Waals surface area contributed by atoms with Crippen LogP contribution in [0.3, 0.4) is 0 Å². The molecule has 1 heterocycles. The van der Waals surface area contributed by atoms with Gasteiger partial charge in [0, 0.05) is 12.0 Å². The SMILES string of the molecule is C=Cc1cccc(C(=O)OC2CCCCO2)c1OC. The molecule has 1 atom stereocenters. The van der Waals surface area contributed by atoms with Crippen molar-refractivity contribution in [2.75, 3.05) is 13.7 Å². The van der Waals surface area contributed by atoms with Gasteiger partial charge in [0.05, 0.1) is 13.7 Å². The Morgan fingerprint density at radius 2 is 2.32 bits per heavy atom. The number of hydrogen-bond acceptors (Lipinski definition) is 4. The summed E-state index contributed by atoms with van der Waals surface area (Å²) in [5.74, 6) is 0.0609. The maximum atomic E-state index is 12.1. The van der Waals surface area contributed by atoms with Crippen LogP contribution in [0, 0.1) is 0 Å². The van der Waals surface area contributed by atoms with E-state index in [1.807, 2.05) is 6.07 Å². The summed E-state index contributed by atoms with van der Waals surface area (Å²) in [5.41, 5.74) is 1.16. The van der Waals surface area contributed by atoms with E-state index in [9.17, 15) is 4.79 Å². The Morgan fingerprint density at radius 1 is 1.47 bits per heavy atom. The number of carbonyl (C=O) groups is 1. The predicted molar refractivity (Wildman–Crippen MR) is 72.1 cm³/mol. The largest absolute Gasteiger partial charge is 0.495 e. The zero-order valence-corrected chi connectivity index (χ0v) is 11.1. The summed E-state index contributed by atoms with van der Waals surface area (Å²) >= 11 is 0. The third-order valence-corrected chi connectivity index (χ3v) is 3.07. The molecule has 0 spiro atoms. The summed E-state index contributed by atoms with van der Waals surface area (Å²) in [7, 11) is 1.52. The van der Waals surface area contributed by atoms with E-state index in [1.54, 1.807) is 18.2 Å². The molecule has 1 saturated heterocycles. The first-order valence-electron chi connectivity index (χ1n) is 6.38. The molecule has 1 unspecified atom stereocenters. The number of benzene rings is 1. The minimum absolute atomic E-state index is 0.397. The number of ether oxygens (including phenoxy) is 3. The fourth-order valence-corrected chi connectivity index (χ4v) is 2.09. The zero-order chi connectivity index (χ0) is 13.7. The molecule has 4 nitrogen and oxygen atoms in total. The first-order chi connectivity index (χ1) is 9.26. The van der Waals surface area contributed by atoms with Crippen LogP contribution < -0.4 is 4.74 Å². The predicted octanol–water partition coefficient (Wildman–Crippen LogP) is 3.02. The molecule has 1 fully saturated rings. The van der Waals surface area contributed by atoms with Crippen LogP contribution in [0.5, 0.6) is 5.75 Å². The van der Waals surface area contributed by atoms with E-state index in [-0.39, 0.29) is 0 Å². The number of para-hydroxylation sites is 1. The lowest BCUT2D eigenvalue weighted by Gasteiger charge is -2.22. The van der Waals surface area contributed by atoms with Gasteiger partial charge >= 0.3 is 5.97 Å². The molecule has 0 saturated carbocycles. The molecule has 1 aromatic rings. The van der Waals surface area contributed by atoms with Crippen molar-refractivity contribution >= 4 is 12.0 Å². The van der Waals surface area contributed by atoms with Crippen molar-refractivity contribution in [2.45, 2.75) is 25.6 Å². The van der Waals surface area contributed by atoms with E-state index in [1.165, 1.54) is 7.11 Å². The van der Waals surface area contributed by atoms with Crippen LogP contribution in [0.15, 0.2) is 24.8 Å². The lowest BCUT2D eigenvalue weighted by atomic mass is 10.1. The van der Waals surface area contributed by atoms with E-state index in [4.69, 9.17) is 14.2 Å². The Balaban J connectivity index is 2.16. The van der Waals surface area contributed by atoms with Crippen molar-refractivity contribution in [1.29, 1.82) is 0 Å². The molecule has 1 aliphatic heterocycles. The van der Waals surface area contributed by atoms with Gasteiger partial charge in [-0.1, -0.05) is 24.8 Å². The number of rotatable bonds is 4. The quantitative estimate of drug-likeness (QED) is 0.782. The van der Waals surface area contributed by atoms with E-state index < -0.39 is 12.3 Å². The van der Waals surface area contributed by atoms with Crippen LogP contribution in [-0.4, -0.2) is 26.0 Å². The molecule has 0 aromatic heterocycles. The highest BCUT2D eigenvalue weighted by Crippen LogP contribution is 2.26. The normalized spacial score (nSPS) is 18.7. The number of hydrogen-bond donors (Lipinski definition) is 0. The maximum absolute atomic E-state index is 12.1. The summed E-state index contributed by atoms with van der Waals surface area (Å²) in [6, 6.07) is 5.29. The van der Waals surface area contributed by atoms with Gasteiger partial charge in [0.1, 0.15) is 11.3 Å². The Labute approximate surface area is 113 Å². The summed E-state index contributed by atoms with van der Waals surface area (Å²) in [6.07, 6.45) is 3.98. The Morgan fingerprint density at radius 3 is 2.95 bits per heavy atom. The van der Waals surface area contributed by atoms with Gasteiger partial charge in [0.2, 0.25) is 6.29 Å².